The molecule has 0 fully saturated rings. The zero-order chi connectivity index (χ0) is 14.0. The fourth-order valence-electron chi connectivity index (χ4n) is 2.07. The maximum atomic E-state index is 10.9. The van der Waals surface area contributed by atoms with Gasteiger partial charge in [0.15, 0.2) is 0 Å². The zero-order valence-electron chi connectivity index (χ0n) is 12.6. The molecule has 0 amide bonds. The van der Waals surface area contributed by atoms with Crippen LogP contribution in [0.3, 0.4) is 0 Å². The maximum absolute atomic E-state index is 10.9. The van der Waals surface area contributed by atoms with Crippen molar-refractivity contribution in [2.24, 2.45) is 0 Å². The molecule has 19 heavy (non-hydrogen) atoms. The van der Waals surface area contributed by atoms with Gasteiger partial charge < -0.3 is 9.66 Å². The summed E-state index contributed by atoms with van der Waals surface area (Å²) in [4.78, 5) is 0. The van der Waals surface area contributed by atoms with Crippen molar-refractivity contribution in [3.05, 3.63) is 0 Å². The van der Waals surface area contributed by atoms with E-state index in [1.807, 2.05) is 0 Å². The van der Waals surface area contributed by atoms with Gasteiger partial charge in [0.05, 0.1) is 16.2 Å². The van der Waals surface area contributed by atoms with Gasteiger partial charge >= 0.3 is 29.6 Å². The summed E-state index contributed by atoms with van der Waals surface area (Å²) in [6, 6.07) is 0. The van der Waals surface area contributed by atoms with Crippen molar-refractivity contribution in [3.8, 4) is 0 Å². The number of rotatable bonds is 11. The molecule has 0 aliphatic rings. The van der Waals surface area contributed by atoms with Gasteiger partial charge in [-0.25, -0.2) is 8.42 Å². The van der Waals surface area contributed by atoms with E-state index in [0.717, 1.165) is 44.9 Å². The van der Waals surface area contributed by atoms with Crippen LogP contribution in [0, 0.1) is 0 Å². The van der Waals surface area contributed by atoms with Gasteiger partial charge in [-0.05, 0) is 26.2 Å². The number of aliphatic hydroxyl groups is 1. The SMILES string of the molecule is CCC(CCCCCCCCC(C)O)S(=O)(=O)[O-].[Na+]. The van der Waals surface area contributed by atoms with Crippen LogP contribution in [-0.2, 0) is 10.1 Å². The first kappa shape index (κ1) is 22.2. The third kappa shape index (κ3) is 13.6. The molecule has 1 N–H and O–H groups in total. The Labute approximate surface area is 140 Å². The van der Waals surface area contributed by atoms with Gasteiger partial charge in [-0.2, -0.15) is 0 Å². The Hall–Kier alpha value is 0.870. The van der Waals surface area contributed by atoms with Crippen molar-refractivity contribution in [2.75, 3.05) is 0 Å². The minimum Gasteiger partial charge on any atom is -0.748 e. The summed E-state index contributed by atoms with van der Waals surface area (Å²) < 4.78 is 32.6. The molecule has 0 radical (unpaired) electrons. The van der Waals surface area contributed by atoms with Crippen LogP contribution in [0.2, 0.25) is 0 Å². The minimum atomic E-state index is -4.10. The van der Waals surface area contributed by atoms with E-state index >= 15 is 0 Å². The average Bonchev–Trinajstić information content (AvgIpc) is 2.24. The van der Waals surface area contributed by atoms with Gasteiger partial charge in [-0.1, -0.05) is 45.4 Å². The predicted molar refractivity (Wildman–Crippen MR) is 72.4 cm³/mol. The molecule has 4 nitrogen and oxygen atoms in total. The minimum absolute atomic E-state index is 0. The van der Waals surface area contributed by atoms with E-state index in [1.165, 1.54) is 0 Å². The topological polar surface area (TPSA) is 77.4 Å². The molecular weight excluding hydrogens is 275 g/mol. The summed E-state index contributed by atoms with van der Waals surface area (Å²) in [6.45, 7) is 3.55. The Kier molecular flexibility index (Phi) is 14.7. The van der Waals surface area contributed by atoms with Gasteiger partial charge in [0.25, 0.3) is 0 Å². The average molecular weight is 302 g/mol. The molecular formula is C13H27NaO4S. The van der Waals surface area contributed by atoms with Gasteiger partial charge in [0.2, 0.25) is 0 Å². The molecule has 2 unspecified atom stereocenters. The summed E-state index contributed by atoms with van der Waals surface area (Å²) in [6.07, 6.45) is 7.71. The van der Waals surface area contributed by atoms with Crippen LogP contribution < -0.4 is 29.6 Å². The summed E-state index contributed by atoms with van der Waals surface area (Å²) >= 11 is 0. The molecule has 6 heteroatoms. The summed E-state index contributed by atoms with van der Waals surface area (Å²) in [5.41, 5.74) is 0. The summed E-state index contributed by atoms with van der Waals surface area (Å²) in [5, 5.41) is 8.37. The second-order valence-electron chi connectivity index (χ2n) is 5.07. The molecule has 0 aliphatic carbocycles. The van der Waals surface area contributed by atoms with E-state index < -0.39 is 15.4 Å². The Bertz CT molecular complexity index is 291. The first-order valence-electron chi connectivity index (χ1n) is 7.00. The Balaban J connectivity index is 0. The molecule has 2 atom stereocenters. The van der Waals surface area contributed by atoms with E-state index in [2.05, 4.69) is 0 Å². The van der Waals surface area contributed by atoms with Gasteiger partial charge in [0.1, 0.15) is 0 Å². The molecule has 110 valence electrons. The molecule has 0 bridgehead atoms. The molecule has 0 saturated carbocycles. The number of hydrogen-bond acceptors (Lipinski definition) is 4. The van der Waals surface area contributed by atoms with Crippen LogP contribution in [0.5, 0.6) is 0 Å². The van der Waals surface area contributed by atoms with Gasteiger partial charge in [-0.3, -0.25) is 0 Å². The quantitative estimate of drug-likeness (QED) is 0.326. The molecule has 0 saturated heterocycles. The Morgan fingerprint density at radius 3 is 1.79 bits per heavy atom. The molecule has 0 spiro atoms. The Morgan fingerprint density at radius 2 is 1.42 bits per heavy atom. The molecule has 0 aliphatic heterocycles. The fraction of sp³-hybridized carbons (Fsp3) is 1.00. The number of unbranched alkanes of at least 4 members (excludes halogenated alkanes) is 5. The van der Waals surface area contributed by atoms with Crippen molar-refractivity contribution in [2.45, 2.75) is 83.0 Å². The molecule has 0 aromatic rings. The normalized spacial score (nSPS) is 14.7. The summed E-state index contributed by atoms with van der Waals surface area (Å²) in [7, 11) is -4.10. The largest absolute Gasteiger partial charge is 1.00 e. The third-order valence-electron chi connectivity index (χ3n) is 3.26. The third-order valence-corrected chi connectivity index (χ3v) is 4.65. The van der Waals surface area contributed by atoms with Crippen molar-refractivity contribution >= 4 is 10.1 Å². The van der Waals surface area contributed by atoms with E-state index in [4.69, 9.17) is 5.11 Å². The molecule has 0 aromatic carbocycles. The molecule has 0 heterocycles. The number of aliphatic hydroxyl groups excluding tert-OH is 1. The Morgan fingerprint density at radius 1 is 1.00 bits per heavy atom. The monoisotopic (exact) mass is 302 g/mol. The van der Waals surface area contributed by atoms with Crippen molar-refractivity contribution in [1.82, 2.24) is 0 Å². The van der Waals surface area contributed by atoms with E-state index in [9.17, 15) is 13.0 Å². The van der Waals surface area contributed by atoms with Crippen LogP contribution in [0.1, 0.15) is 71.6 Å². The van der Waals surface area contributed by atoms with Crippen LogP contribution in [0.15, 0.2) is 0 Å². The first-order valence-corrected chi connectivity index (χ1v) is 8.47. The van der Waals surface area contributed by atoms with Gasteiger partial charge in [-0.15, -0.1) is 0 Å². The van der Waals surface area contributed by atoms with Crippen molar-refractivity contribution in [1.29, 1.82) is 0 Å². The second-order valence-corrected chi connectivity index (χ2v) is 6.72. The number of hydrogen-bond donors (Lipinski definition) is 1. The van der Waals surface area contributed by atoms with Crippen LogP contribution in [0.25, 0.3) is 0 Å². The predicted octanol–water partition coefficient (Wildman–Crippen LogP) is -0.184. The van der Waals surface area contributed by atoms with Crippen LogP contribution in [-0.4, -0.2) is 29.4 Å². The van der Waals surface area contributed by atoms with E-state index in [-0.39, 0.29) is 35.7 Å². The zero-order valence-corrected chi connectivity index (χ0v) is 15.4. The molecule has 0 aromatic heterocycles. The van der Waals surface area contributed by atoms with Crippen molar-refractivity contribution < 1.29 is 47.6 Å². The second kappa shape index (κ2) is 12.6. The first-order chi connectivity index (χ1) is 8.38. The van der Waals surface area contributed by atoms with Gasteiger partial charge in [0, 0.05) is 5.25 Å². The van der Waals surface area contributed by atoms with E-state index in [0.29, 0.717) is 12.8 Å². The van der Waals surface area contributed by atoms with Crippen LogP contribution >= 0.6 is 0 Å². The standard InChI is InChI=1S/C13H28O4S.Na/c1-3-13(18(15,16)17)11-9-7-5-4-6-8-10-12(2)14;/h12-14H,3-11H2,1-2H3,(H,15,16,17);/q;+1/p-1. The maximum Gasteiger partial charge on any atom is 1.00 e. The van der Waals surface area contributed by atoms with E-state index in [1.54, 1.807) is 13.8 Å². The molecule has 0 rings (SSSR count). The summed E-state index contributed by atoms with van der Waals surface area (Å²) in [5.74, 6) is 0. The smallest absolute Gasteiger partial charge is 0.748 e. The van der Waals surface area contributed by atoms with Crippen molar-refractivity contribution in [3.63, 3.8) is 0 Å². The van der Waals surface area contributed by atoms with Crippen LogP contribution in [0.4, 0.5) is 0 Å². The fourth-order valence-corrected chi connectivity index (χ4v) is 2.94.